The number of hydrogen-bond acceptors (Lipinski definition) is 3. The number of rotatable bonds is 10. The SMILES string of the molecule is COc1ccccc1C(CNC1CC1)OCCCC(C)C. The van der Waals surface area contributed by atoms with Crippen molar-refractivity contribution in [2.24, 2.45) is 5.92 Å². The third kappa shape index (κ3) is 5.68. The lowest BCUT2D eigenvalue weighted by Crippen LogP contribution is -2.25. The minimum absolute atomic E-state index is 0.0777. The summed E-state index contributed by atoms with van der Waals surface area (Å²) in [5.74, 6) is 1.66. The Morgan fingerprint density at radius 2 is 2.00 bits per heavy atom. The van der Waals surface area contributed by atoms with Crippen molar-refractivity contribution in [1.29, 1.82) is 0 Å². The maximum Gasteiger partial charge on any atom is 0.124 e. The molecule has 0 spiro atoms. The van der Waals surface area contributed by atoms with Gasteiger partial charge >= 0.3 is 0 Å². The van der Waals surface area contributed by atoms with Gasteiger partial charge < -0.3 is 14.8 Å². The lowest BCUT2D eigenvalue weighted by atomic mass is 10.1. The fourth-order valence-corrected chi connectivity index (χ4v) is 2.47. The Bertz CT molecular complexity index is 415. The van der Waals surface area contributed by atoms with Gasteiger partial charge in [0.25, 0.3) is 0 Å². The second kappa shape index (κ2) is 8.40. The molecule has 1 atom stereocenters. The average Bonchev–Trinajstić information content (AvgIpc) is 3.30. The molecule has 3 heteroatoms. The monoisotopic (exact) mass is 291 g/mol. The lowest BCUT2D eigenvalue weighted by Gasteiger charge is -2.21. The highest BCUT2D eigenvalue weighted by Gasteiger charge is 2.24. The fraction of sp³-hybridized carbons (Fsp3) is 0.667. The van der Waals surface area contributed by atoms with Gasteiger partial charge in [0.2, 0.25) is 0 Å². The zero-order chi connectivity index (χ0) is 15.1. The Kier molecular flexibility index (Phi) is 6.52. The molecule has 1 unspecified atom stereocenters. The summed E-state index contributed by atoms with van der Waals surface area (Å²) in [5, 5.41) is 3.58. The number of hydrogen-bond donors (Lipinski definition) is 1. The van der Waals surface area contributed by atoms with Crippen LogP contribution in [0.15, 0.2) is 24.3 Å². The smallest absolute Gasteiger partial charge is 0.124 e. The van der Waals surface area contributed by atoms with Gasteiger partial charge in [-0.3, -0.25) is 0 Å². The van der Waals surface area contributed by atoms with Crippen molar-refractivity contribution in [3.05, 3.63) is 29.8 Å². The number of benzene rings is 1. The highest BCUT2D eigenvalue weighted by atomic mass is 16.5. The van der Waals surface area contributed by atoms with Crippen LogP contribution in [0.3, 0.4) is 0 Å². The van der Waals surface area contributed by atoms with Gasteiger partial charge in [0.15, 0.2) is 0 Å². The average molecular weight is 291 g/mol. The summed E-state index contributed by atoms with van der Waals surface area (Å²) in [4.78, 5) is 0. The van der Waals surface area contributed by atoms with Crippen molar-refractivity contribution in [1.82, 2.24) is 5.32 Å². The molecule has 1 aromatic rings. The molecule has 0 bridgehead atoms. The van der Waals surface area contributed by atoms with E-state index in [1.165, 1.54) is 19.3 Å². The second-order valence-corrected chi connectivity index (χ2v) is 6.32. The molecule has 1 aliphatic rings. The first kappa shape index (κ1) is 16.3. The van der Waals surface area contributed by atoms with Crippen LogP contribution in [-0.2, 0) is 4.74 Å². The topological polar surface area (TPSA) is 30.5 Å². The predicted molar refractivity (Wildman–Crippen MR) is 86.8 cm³/mol. The molecule has 1 saturated carbocycles. The number of para-hydroxylation sites is 1. The van der Waals surface area contributed by atoms with E-state index in [9.17, 15) is 0 Å². The Balaban J connectivity index is 1.93. The molecule has 1 aromatic carbocycles. The predicted octanol–water partition coefficient (Wildman–Crippen LogP) is 3.94. The largest absolute Gasteiger partial charge is 0.496 e. The van der Waals surface area contributed by atoms with Crippen molar-refractivity contribution in [2.45, 2.75) is 51.7 Å². The highest BCUT2D eigenvalue weighted by molar-refractivity contribution is 5.35. The van der Waals surface area contributed by atoms with E-state index in [2.05, 4.69) is 31.3 Å². The van der Waals surface area contributed by atoms with Crippen molar-refractivity contribution < 1.29 is 9.47 Å². The maximum atomic E-state index is 6.16. The summed E-state index contributed by atoms with van der Waals surface area (Å²) in [5.41, 5.74) is 1.15. The molecule has 0 heterocycles. The molecule has 21 heavy (non-hydrogen) atoms. The zero-order valence-electron chi connectivity index (χ0n) is 13.6. The summed E-state index contributed by atoms with van der Waals surface area (Å²) in [6.07, 6.45) is 5.01. The number of nitrogens with one attached hydrogen (secondary N) is 1. The Morgan fingerprint density at radius 1 is 1.24 bits per heavy atom. The van der Waals surface area contributed by atoms with E-state index in [1.54, 1.807) is 7.11 Å². The Labute approximate surface area is 129 Å². The van der Waals surface area contributed by atoms with Crippen molar-refractivity contribution in [2.75, 3.05) is 20.3 Å². The van der Waals surface area contributed by atoms with Crippen molar-refractivity contribution in [3.8, 4) is 5.75 Å². The van der Waals surface area contributed by atoms with Gasteiger partial charge in [0.1, 0.15) is 5.75 Å². The minimum Gasteiger partial charge on any atom is -0.496 e. The third-order valence-electron chi connectivity index (χ3n) is 3.90. The van der Waals surface area contributed by atoms with Gasteiger partial charge in [0.05, 0.1) is 13.2 Å². The van der Waals surface area contributed by atoms with Crippen LogP contribution in [-0.4, -0.2) is 26.3 Å². The van der Waals surface area contributed by atoms with E-state index < -0.39 is 0 Å². The molecule has 1 fully saturated rings. The van der Waals surface area contributed by atoms with Crippen molar-refractivity contribution in [3.63, 3.8) is 0 Å². The molecule has 1 aliphatic carbocycles. The lowest BCUT2D eigenvalue weighted by molar-refractivity contribution is 0.0468. The van der Waals surface area contributed by atoms with E-state index in [0.29, 0.717) is 6.04 Å². The van der Waals surface area contributed by atoms with Crippen LogP contribution >= 0.6 is 0 Å². The van der Waals surface area contributed by atoms with Gasteiger partial charge in [-0.15, -0.1) is 0 Å². The molecule has 0 radical (unpaired) electrons. The molecule has 1 N–H and O–H groups in total. The molecule has 0 aliphatic heterocycles. The van der Waals surface area contributed by atoms with E-state index in [-0.39, 0.29) is 6.10 Å². The molecule has 3 nitrogen and oxygen atoms in total. The fourth-order valence-electron chi connectivity index (χ4n) is 2.47. The summed E-state index contributed by atoms with van der Waals surface area (Å²) in [6, 6.07) is 8.88. The van der Waals surface area contributed by atoms with Gasteiger partial charge in [0, 0.05) is 24.8 Å². The molecule has 118 valence electrons. The summed E-state index contributed by atoms with van der Waals surface area (Å²) >= 11 is 0. The van der Waals surface area contributed by atoms with Crippen molar-refractivity contribution >= 4 is 0 Å². The normalized spacial score (nSPS) is 16.2. The first-order valence-electron chi connectivity index (χ1n) is 8.18. The molecular formula is C18H29NO2. The summed E-state index contributed by atoms with van der Waals surface area (Å²) in [7, 11) is 1.73. The highest BCUT2D eigenvalue weighted by Crippen LogP contribution is 2.28. The Morgan fingerprint density at radius 3 is 2.67 bits per heavy atom. The van der Waals surface area contributed by atoms with E-state index in [1.807, 2.05) is 12.1 Å². The van der Waals surface area contributed by atoms with Gasteiger partial charge in [-0.05, 0) is 37.7 Å². The summed E-state index contributed by atoms with van der Waals surface area (Å²) < 4.78 is 11.6. The van der Waals surface area contributed by atoms with E-state index >= 15 is 0 Å². The Hall–Kier alpha value is -1.06. The van der Waals surface area contributed by atoms with E-state index in [4.69, 9.17) is 9.47 Å². The van der Waals surface area contributed by atoms with Crippen LogP contribution < -0.4 is 10.1 Å². The molecule has 2 rings (SSSR count). The van der Waals surface area contributed by atoms with Crippen LogP contribution in [0.5, 0.6) is 5.75 Å². The van der Waals surface area contributed by atoms with Gasteiger partial charge in [-0.25, -0.2) is 0 Å². The van der Waals surface area contributed by atoms with Crippen LogP contribution in [0.4, 0.5) is 0 Å². The molecule has 0 aromatic heterocycles. The van der Waals surface area contributed by atoms with E-state index in [0.717, 1.165) is 36.8 Å². The van der Waals surface area contributed by atoms with Crippen LogP contribution in [0.2, 0.25) is 0 Å². The second-order valence-electron chi connectivity index (χ2n) is 6.32. The first-order valence-corrected chi connectivity index (χ1v) is 8.18. The number of ether oxygens (including phenoxy) is 2. The molecule has 0 saturated heterocycles. The number of methoxy groups -OCH3 is 1. The zero-order valence-corrected chi connectivity index (χ0v) is 13.6. The molecular weight excluding hydrogens is 262 g/mol. The third-order valence-corrected chi connectivity index (χ3v) is 3.90. The first-order chi connectivity index (χ1) is 10.2. The quantitative estimate of drug-likeness (QED) is 0.662. The van der Waals surface area contributed by atoms with Crippen LogP contribution in [0.25, 0.3) is 0 Å². The maximum absolute atomic E-state index is 6.16. The summed E-state index contributed by atoms with van der Waals surface area (Å²) in [6.45, 7) is 6.19. The van der Waals surface area contributed by atoms with Gasteiger partial charge in [-0.1, -0.05) is 32.0 Å². The standard InChI is InChI=1S/C18H29NO2/c1-14(2)7-6-12-21-18(13-19-15-10-11-15)16-8-4-5-9-17(16)20-3/h4-5,8-9,14-15,18-19H,6-7,10-13H2,1-3H3. The van der Waals surface area contributed by atoms with Gasteiger partial charge in [-0.2, -0.15) is 0 Å². The van der Waals surface area contributed by atoms with Crippen LogP contribution in [0, 0.1) is 5.92 Å². The molecule has 0 amide bonds. The van der Waals surface area contributed by atoms with Crippen LogP contribution in [0.1, 0.15) is 51.2 Å². The minimum atomic E-state index is 0.0777.